The number of furan rings is 1. The van der Waals surface area contributed by atoms with Gasteiger partial charge in [-0.1, -0.05) is 18.2 Å². The Kier molecular flexibility index (Phi) is 5.76. The molecule has 8 heteroatoms. The molecular formula is C19H27N3O4S. The fourth-order valence-corrected chi connectivity index (χ4v) is 4.69. The third kappa shape index (κ3) is 4.27. The van der Waals surface area contributed by atoms with Gasteiger partial charge in [-0.25, -0.2) is 17.5 Å². The van der Waals surface area contributed by atoms with Gasteiger partial charge in [0.05, 0.1) is 11.8 Å². The Hall–Kier alpha value is -2.06. The summed E-state index contributed by atoms with van der Waals surface area (Å²) in [5, 5.41) is 6.92. The number of rotatable bonds is 5. The van der Waals surface area contributed by atoms with E-state index in [2.05, 4.69) is 10.6 Å². The number of piperidine rings is 1. The number of hydrogen-bond acceptors (Lipinski definition) is 4. The number of hydrogen-bond donors (Lipinski definition) is 2. The number of carbonyl (C=O) groups excluding carboxylic acids is 1. The summed E-state index contributed by atoms with van der Waals surface area (Å²) in [7, 11) is -3.15. The van der Waals surface area contributed by atoms with Crippen LogP contribution in [0.3, 0.4) is 0 Å². The lowest BCUT2D eigenvalue weighted by molar-refractivity contribution is 0.223. The number of fused-ring (bicyclic) bond motifs is 1. The van der Waals surface area contributed by atoms with E-state index in [1.807, 2.05) is 38.1 Å². The maximum absolute atomic E-state index is 12.4. The van der Waals surface area contributed by atoms with Crippen molar-refractivity contribution in [3.05, 3.63) is 35.6 Å². The highest BCUT2D eigenvalue weighted by Gasteiger charge is 2.28. The van der Waals surface area contributed by atoms with Crippen molar-refractivity contribution in [2.24, 2.45) is 0 Å². The fraction of sp³-hybridized carbons (Fsp3) is 0.526. The summed E-state index contributed by atoms with van der Waals surface area (Å²) in [5.74, 6) is 0.857. The van der Waals surface area contributed by atoms with Gasteiger partial charge in [0.1, 0.15) is 11.3 Å². The first kappa shape index (κ1) is 19.7. The van der Waals surface area contributed by atoms with Crippen LogP contribution in [0.4, 0.5) is 4.79 Å². The van der Waals surface area contributed by atoms with E-state index in [1.165, 1.54) is 4.31 Å². The van der Waals surface area contributed by atoms with Crippen LogP contribution in [-0.2, 0) is 10.0 Å². The number of benzene rings is 1. The lowest BCUT2D eigenvalue weighted by atomic mass is 10.1. The molecule has 0 bridgehead atoms. The highest BCUT2D eigenvalue weighted by molar-refractivity contribution is 7.89. The van der Waals surface area contributed by atoms with Crippen molar-refractivity contribution >= 4 is 27.0 Å². The Morgan fingerprint density at radius 3 is 2.59 bits per heavy atom. The van der Waals surface area contributed by atoms with Crippen molar-refractivity contribution in [2.75, 3.05) is 18.8 Å². The molecular weight excluding hydrogens is 366 g/mol. The van der Waals surface area contributed by atoms with Crippen LogP contribution in [0.5, 0.6) is 0 Å². The molecule has 2 aromatic rings. The van der Waals surface area contributed by atoms with Gasteiger partial charge >= 0.3 is 6.03 Å². The average molecular weight is 394 g/mol. The second kappa shape index (κ2) is 7.90. The zero-order chi connectivity index (χ0) is 19.6. The summed E-state index contributed by atoms with van der Waals surface area (Å²) in [6.07, 6.45) is 1.23. The minimum atomic E-state index is -3.15. The largest absolute Gasteiger partial charge is 0.459 e. The van der Waals surface area contributed by atoms with E-state index in [0.29, 0.717) is 25.9 Å². The number of urea groups is 1. The van der Waals surface area contributed by atoms with Gasteiger partial charge in [-0.2, -0.15) is 0 Å². The summed E-state index contributed by atoms with van der Waals surface area (Å²) in [5.41, 5.74) is 1.83. The zero-order valence-corrected chi connectivity index (χ0v) is 16.8. The Balaban J connectivity index is 1.56. The van der Waals surface area contributed by atoms with Crippen LogP contribution in [0.15, 0.2) is 28.7 Å². The Labute approximate surface area is 160 Å². The molecule has 1 saturated heterocycles. The molecule has 2 amide bonds. The molecule has 1 aliphatic rings. The maximum Gasteiger partial charge on any atom is 0.315 e. The predicted molar refractivity (Wildman–Crippen MR) is 105 cm³/mol. The maximum atomic E-state index is 12.4. The molecule has 1 fully saturated rings. The highest BCUT2D eigenvalue weighted by atomic mass is 32.2. The summed E-state index contributed by atoms with van der Waals surface area (Å²) >= 11 is 0. The summed E-state index contributed by atoms with van der Waals surface area (Å²) in [4.78, 5) is 12.4. The molecule has 2 heterocycles. The molecule has 1 aromatic carbocycles. The monoisotopic (exact) mass is 393 g/mol. The first-order chi connectivity index (χ1) is 12.8. The number of aryl methyl sites for hydroxylation is 1. The molecule has 1 atom stereocenters. The average Bonchev–Trinajstić information content (AvgIpc) is 2.99. The van der Waals surface area contributed by atoms with Crippen molar-refractivity contribution in [3.8, 4) is 0 Å². The molecule has 0 aliphatic carbocycles. The Bertz CT molecular complexity index is 914. The first-order valence-corrected chi connectivity index (χ1v) is 11.0. The summed E-state index contributed by atoms with van der Waals surface area (Å²) in [6, 6.07) is 7.24. The first-order valence-electron chi connectivity index (χ1n) is 9.34. The fourth-order valence-electron chi connectivity index (χ4n) is 3.56. The zero-order valence-electron chi connectivity index (χ0n) is 16.0. The van der Waals surface area contributed by atoms with Gasteiger partial charge in [0.25, 0.3) is 0 Å². The third-order valence-corrected chi connectivity index (χ3v) is 7.05. The van der Waals surface area contributed by atoms with Gasteiger partial charge in [0.15, 0.2) is 0 Å². The molecule has 2 N–H and O–H groups in total. The predicted octanol–water partition coefficient (Wildman–Crippen LogP) is 2.92. The van der Waals surface area contributed by atoms with E-state index < -0.39 is 10.0 Å². The van der Waals surface area contributed by atoms with Gasteiger partial charge in [-0.15, -0.1) is 0 Å². The van der Waals surface area contributed by atoms with Crippen LogP contribution in [0.1, 0.15) is 44.1 Å². The number of nitrogens with one attached hydrogen (secondary N) is 2. The number of carbonyl (C=O) groups is 1. The Morgan fingerprint density at radius 1 is 1.30 bits per heavy atom. The molecule has 7 nitrogen and oxygen atoms in total. The van der Waals surface area contributed by atoms with E-state index >= 15 is 0 Å². The van der Waals surface area contributed by atoms with Gasteiger partial charge in [-0.05, 0) is 39.7 Å². The highest BCUT2D eigenvalue weighted by Crippen LogP contribution is 2.29. The number of amides is 2. The van der Waals surface area contributed by atoms with Crippen LogP contribution in [0.25, 0.3) is 11.0 Å². The van der Waals surface area contributed by atoms with Crippen molar-refractivity contribution in [1.82, 2.24) is 14.9 Å². The van der Waals surface area contributed by atoms with E-state index in [0.717, 1.165) is 22.3 Å². The molecule has 1 aromatic heterocycles. The standard InChI is InChI=1S/C19H27N3O4S/c1-4-27(24,25)22-11-9-15(10-12-22)21-19(23)20-14(3)18-13(2)16-7-5-6-8-17(16)26-18/h5-8,14-15H,4,9-12H2,1-3H3,(H2,20,21,23)/t14-/m0/s1. The lowest BCUT2D eigenvalue weighted by Crippen LogP contribution is -2.49. The minimum absolute atomic E-state index is 0.0303. The molecule has 27 heavy (non-hydrogen) atoms. The lowest BCUT2D eigenvalue weighted by Gasteiger charge is -2.31. The van der Waals surface area contributed by atoms with E-state index in [-0.39, 0.29) is 23.9 Å². The van der Waals surface area contributed by atoms with E-state index in [1.54, 1.807) is 6.92 Å². The van der Waals surface area contributed by atoms with Gasteiger partial charge in [0, 0.05) is 30.1 Å². The number of para-hydroxylation sites is 1. The van der Waals surface area contributed by atoms with Crippen molar-refractivity contribution in [3.63, 3.8) is 0 Å². The summed E-state index contributed by atoms with van der Waals surface area (Å²) in [6.45, 7) is 6.41. The van der Waals surface area contributed by atoms with Crippen molar-refractivity contribution in [1.29, 1.82) is 0 Å². The van der Waals surface area contributed by atoms with E-state index in [9.17, 15) is 13.2 Å². The van der Waals surface area contributed by atoms with Crippen molar-refractivity contribution in [2.45, 2.75) is 45.7 Å². The number of sulfonamides is 1. The normalized spacial score (nSPS) is 17.7. The summed E-state index contributed by atoms with van der Waals surface area (Å²) < 4.78 is 31.2. The molecule has 1 aliphatic heterocycles. The number of nitrogens with zero attached hydrogens (tertiary/aromatic N) is 1. The molecule has 0 spiro atoms. The second-order valence-corrected chi connectivity index (χ2v) is 9.26. The molecule has 3 rings (SSSR count). The molecule has 0 saturated carbocycles. The SMILES string of the molecule is CCS(=O)(=O)N1CCC(NC(=O)N[C@@H](C)c2oc3ccccc3c2C)CC1. The topological polar surface area (TPSA) is 91.7 Å². The van der Waals surface area contributed by atoms with Crippen LogP contribution in [0.2, 0.25) is 0 Å². The van der Waals surface area contributed by atoms with Gasteiger partial charge in [0.2, 0.25) is 10.0 Å². The molecule has 148 valence electrons. The van der Waals surface area contributed by atoms with Crippen LogP contribution in [0, 0.1) is 6.92 Å². The molecule has 0 radical (unpaired) electrons. The van der Waals surface area contributed by atoms with E-state index in [4.69, 9.17) is 4.42 Å². The van der Waals surface area contributed by atoms with Crippen molar-refractivity contribution < 1.29 is 17.6 Å². The minimum Gasteiger partial charge on any atom is -0.459 e. The van der Waals surface area contributed by atoms with Crippen LogP contribution < -0.4 is 10.6 Å². The second-order valence-electron chi connectivity index (χ2n) is 7.00. The van der Waals surface area contributed by atoms with Crippen LogP contribution >= 0.6 is 0 Å². The molecule has 0 unspecified atom stereocenters. The van der Waals surface area contributed by atoms with Crippen LogP contribution in [-0.4, -0.2) is 43.6 Å². The van der Waals surface area contributed by atoms with Gasteiger partial charge in [-0.3, -0.25) is 0 Å². The third-order valence-electron chi connectivity index (χ3n) is 5.17. The quantitative estimate of drug-likeness (QED) is 0.817. The van der Waals surface area contributed by atoms with Gasteiger partial charge < -0.3 is 15.1 Å². The smallest absolute Gasteiger partial charge is 0.315 e. The Morgan fingerprint density at radius 2 is 1.96 bits per heavy atom.